The number of hydrogen-bond donors (Lipinski definition) is 0. The maximum atomic E-state index is 11.3. The van der Waals surface area contributed by atoms with Crippen LogP contribution >= 0.6 is 15.9 Å². The van der Waals surface area contributed by atoms with E-state index in [4.69, 9.17) is 4.74 Å². The fraction of sp³-hybridized carbons (Fsp3) is 0.417. The van der Waals surface area contributed by atoms with Gasteiger partial charge in [0.2, 0.25) is 0 Å². The normalized spacial score (nSPS) is 19.9. The van der Waals surface area contributed by atoms with Crippen molar-refractivity contribution in [2.45, 2.75) is 12.3 Å². The molecule has 1 heterocycles. The second-order valence-corrected chi connectivity index (χ2v) is 4.87. The largest absolute Gasteiger partial charge is 0.453 e. The number of halogens is 1. The summed E-state index contributed by atoms with van der Waals surface area (Å²) in [5.74, 6) is 0.437. The number of methoxy groups -OCH3 is 1. The monoisotopic (exact) mass is 283 g/mol. The van der Waals surface area contributed by atoms with Crippen LogP contribution in [0.1, 0.15) is 17.9 Å². The van der Waals surface area contributed by atoms with E-state index in [1.807, 2.05) is 12.1 Å². The Morgan fingerprint density at radius 3 is 2.75 bits per heavy atom. The van der Waals surface area contributed by atoms with Crippen LogP contribution in [0.25, 0.3) is 0 Å². The Kier molecular flexibility index (Phi) is 3.49. The first-order valence-corrected chi connectivity index (χ1v) is 6.08. The van der Waals surface area contributed by atoms with E-state index in [-0.39, 0.29) is 6.09 Å². The quantitative estimate of drug-likeness (QED) is 0.793. The molecule has 1 amide bonds. The van der Waals surface area contributed by atoms with Gasteiger partial charge in [-0.1, -0.05) is 28.1 Å². The van der Waals surface area contributed by atoms with Crippen LogP contribution in [0, 0.1) is 0 Å². The third kappa shape index (κ3) is 2.38. The molecule has 2 rings (SSSR count). The maximum absolute atomic E-state index is 11.3. The highest BCUT2D eigenvalue weighted by molar-refractivity contribution is 9.10. The van der Waals surface area contributed by atoms with E-state index in [2.05, 4.69) is 28.1 Å². The highest BCUT2D eigenvalue weighted by atomic mass is 79.9. The highest BCUT2D eigenvalue weighted by Crippen LogP contribution is 2.28. The number of benzene rings is 1. The van der Waals surface area contributed by atoms with E-state index < -0.39 is 0 Å². The lowest BCUT2D eigenvalue weighted by atomic mass is 9.99. The van der Waals surface area contributed by atoms with Gasteiger partial charge < -0.3 is 9.64 Å². The summed E-state index contributed by atoms with van der Waals surface area (Å²) >= 11 is 3.42. The number of amides is 1. The molecule has 0 saturated carbocycles. The molecule has 1 atom stereocenters. The molecule has 0 unspecified atom stereocenters. The van der Waals surface area contributed by atoms with Crippen LogP contribution in [0.4, 0.5) is 4.79 Å². The molecule has 0 bridgehead atoms. The minimum Gasteiger partial charge on any atom is -0.453 e. The van der Waals surface area contributed by atoms with Gasteiger partial charge in [-0.3, -0.25) is 0 Å². The lowest BCUT2D eigenvalue weighted by Gasteiger charge is -2.14. The zero-order chi connectivity index (χ0) is 11.5. The minimum absolute atomic E-state index is 0.223. The van der Waals surface area contributed by atoms with Gasteiger partial charge in [-0.15, -0.1) is 0 Å². The Morgan fingerprint density at radius 1 is 1.44 bits per heavy atom. The third-order valence-corrected chi connectivity index (χ3v) is 3.49. The standard InChI is InChI=1S/C12H14BrNO2/c1-16-12(15)14-7-6-10(8-14)9-2-4-11(13)5-3-9/h2-5,10H,6-8H2,1H3/t10-/m0/s1. The predicted octanol–water partition coefficient (Wildman–Crippen LogP) is 3.00. The zero-order valence-corrected chi connectivity index (χ0v) is 10.7. The Hall–Kier alpha value is -1.03. The van der Waals surface area contributed by atoms with Gasteiger partial charge in [-0.05, 0) is 24.1 Å². The SMILES string of the molecule is COC(=O)N1CC[C@H](c2ccc(Br)cc2)C1. The van der Waals surface area contributed by atoms with Crippen LogP contribution in [0.3, 0.4) is 0 Å². The van der Waals surface area contributed by atoms with E-state index >= 15 is 0 Å². The van der Waals surface area contributed by atoms with E-state index in [0.717, 1.165) is 24.0 Å². The predicted molar refractivity (Wildman–Crippen MR) is 65.5 cm³/mol. The molecule has 3 nitrogen and oxygen atoms in total. The molecular weight excluding hydrogens is 270 g/mol. The van der Waals surface area contributed by atoms with Crippen LogP contribution in [0.5, 0.6) is 0 Å². The third-order valence-electron chi connectivity index (χ3n) is 2.96. The van der Waals surface area contributed by atoms with Crippen molar-refractivity contribution in [3.8, 4) is 0 Å². The Labute approximate surface area is 104 Å². The molecule has 1 aromatic rings. The van der Waals surface area contributed by atoms with Gasteiger partial charge in [-0.2, -0.15) is 0 Å². The highest BCUT2D eigenvalue weighted by Gasteiger charge is 2.27. The molecule has 0 N–H and O–H groups in total. The number of hydrogen-bond acceptors (Lipinski definition) is 2. The summed E-state index contributed by atoms with van der Waals surface area (Å²) < 4.78 is 5.80. The molecular formula is C12H14BrNO2. The fourth-order valence-corrected chi connectivity index (χ4v) is 2.33. The molecule has 1 aliphatic heterocycles. The molecule has 0 aliphatic carbocycles. The number of nitrogens with zero attached hydrogens (tertiary/aromatic N) is 1. The molecule has 0 aromatic heterocycles. The maximum Gasteiger partial charge on any atom is 0.409 e. The molecule has 16 heavy (non-hydrogen) atoms. The van der Waals surface area contributed by atoms with Crippen LogP contribution in [-0.2, 0) is 4.74 Å². The van der Waals surface area contributed by atoms with Crippen molar-refractivity contribution in [1.29, 1.82) is 0 Å². The summed E-state index contributed by atoms with van der Waals surface area (Å²) in [6.45, 7) is 1.54. The lowest BCUT2D eigenvalue weighted by Crippen LogP contribution is -2.28. The summed E-state index contributed by atoms with van der Waals surface area (Å²) in [4.78, 5) is 13.1. The summed E-state index contributed by atoms with van der Waals surface area (Å²) in [7, 11) is 1.43. The van der Waals surface area contributed by atoms with Crippen LogP contribution in [0.2, 0.25) is 0 Å². The number of carbonyl (C=O) groups is 1. The first kappa shape index (κ1) is 11.5. The van der Waals surface area contributed by atoms with Crippen molar-refractivity contribution in [3.05, 3.63) is 34.3 Å². The second kappa shape index (κ2) is 4.87. The Morgan fingerprint density at radius 2 is 2.12 bits per heavy atom. The second-order valence-electron chi connectivity index (χ2n) is 3.95. The Bertz CT molecular complexity index is 377. The van der Waals surface area contributed by atoms with Crippen molar-refractivity contribution in [2.24, 2.45) is 0 Å². The van der Waals surface area contributed by atoms with Crippen molar-refractivity contribution >= 4 is 22.0 Å². The molecule has 1 aliphatic rings. The first-order chi connectivity index (χ1) is 7.70. The molecule has 0 radical (unpaired) electrons. The van der Waals surface area contributed by atoms with Gasteiger partial charge in [0.1, 0.15) is 0 Å². The van der Waals surface area contributed by atoms with Crippen LogP contribution < -0.4 is 0 Å². The van der Waals surface area contributed by atoms with E-state index in [1.54, 1.807) is 4.90 Å². The first-order valence-electron chi connectivity index (χ1n) is 5.29. The smallest absolute Gasteiger partial charge is 0.409 e. The lowest BCUT2D eigenvalue weighted by molar-refractivity contribution is 0.132. The van der Waals surface area contributed by atoms with Crippen molar-refractivity contribution in [3.63, 3.8) is 0 Å². The molecule has 0 spiro atoms. The van der Waals surface area contributed by atoms with Gasteiger partial charge in [0.05, 0.1) is 7.11 Å². The van der Waals surface area contributed by atoms with E-state index in [1.165, 1.54) is 12.7 Å². The summed E-state index contributed by atoms with van der Waals surface area (Å²) in [5, 5.41) is 0. The summed E-state index contributed by atoms with van der Waals surface area (Å²) in [6, 6.07) is 8.29. The van der Waals surface area contributed by atoms with Gasteiger partial charge in [0.15, 0.2) is 0 Å². The molecule has 86 valence electrons. The number of ether oxygens (including phenoxy) is 1. The molecule has 1 aromatic carbocycles. The van der Waals surface area contributed by atoms with Crippen molar-refractivity contribution in [2.75, 3.05) is 20.2 Å². The molecule has 1 saturated heterocycles. The zero-order valence-electron chi connectivity index (χ0n) is 9.15. The van der Waals surface area contributed by atoms with Gasteiger partial charge in [0.25, 0.3) is 0 Å². The minimum atomic E-state index is -0.223. The fourth-order valence-electron chi connectivity index (χ4n) is 2.06. The van der Waals surface area contributed by atoms with Gasteiger partial charge >= 0.3 is 6.09 Å². The molecule has 4 heteroatoms. The average Bonchev–Trinajstić information content (AvgIpc) is 2.78. The van der Waals surface area contributed by atoms with Crippen molar-refractivity contribution in [1.82, 2.24) is 4.90 Å². The number of likely N-dealkylation sites (tertiary alicyclic amines) is 1. The van der Waals surface area contributed by atoms with Crippen molar-refractivity contribution < 1.29 is 9.53 Å². The number of rotatable bonds is 1. The van der Waals surface area contributed by atoms with E-state index in [9.17, 15) is 4.79 Å². The molecule has 1 fully saturated rings. The average molecular weight is 284 g/mol. The topological polar surface area (TPSA) is 29.5 Å². The summed E-state index contributed by atoms with van der Waals surface area (Å²) in [5.41, 5.74) is 1.29. The van der Waals surface area contributed by atoms with Crippen LogP contribution in [0.15, 0.2) is 28.7 Å². The summed E-state index contributed by atoms with van der Waals surface area (Å²) in [6.07, 6.45) is 0.788. The number of carbonyl (C=O) groups excluding carboxylic acids is 1. The van der Waals surface area contributed by atoms with Crippen LogP contribution in [-0.4, -0.2) is 31.2 Å². The Balaban J connectivity index is 2.03. The van der Waals surface area contributed by atoms with Gasteiger partial charge in [-0.25, -0.2) is 4.79 Å². The van der Waals surface area contributed by atoms with Gasteiger partial charge in [0, 0.05) is 23.5 Å². The van der Waals surface area contributed by atoms with E-state index in [0.29, 0.717) is 5.92 Å².